The number of hydrogen-bond donors (Lipinski definition) is 3. The molecule has 0 spiro atoms. The lowest BCUT2D eigenvalue weighted by Crippen LogP contribution is -2.42. The van der Waals surface area contributed by atoms with Gasteiger partial charge in [0.25, 0.3) is 5.56 Å². The van der Waals surface area contributed by atoms with E-state index in [4.69, 9.17) is 4.74 Å². The average molecular weight is 401 g/mol. The molecule has 0 bridgehead atoms. The number of Topliss-reactive ketones (excluding diaryl/α,β-unsaturated/α-hetero) is 1. The Morgan fingerprint density at radius 1 is 1.31 bits per heavy atom. The fraction of sp³-hybridized carbons (Fsp3) is 0.571. The van der Waals surface area contributed by atoms with E-state index in [1.165, 1.54) is 6.92 Å². The smallest absolute Gasteiger partial charge is 0.262 e. The van der Waals surface area contributed by atoms with Crippen LogP contribution in [0.15, 0.2) is 17.1 Å². The first-order valence-electron chi connectivity index (χ1n) is 10.1. The third-order valence-electron chi connectivity index (χ3n) is 6.11. The average Bonchev–Trinajstić information content (AvgIpc) is 3.09. The second kappa shape index (κ2) is 7.85. The van der Waals surface area contributed by atoms with Crippen LogP contribution in [0.2, 0.25) is 0 Å². The minimum absolute atomic E-state index is 0.164. The zero-order chi connectivity index (χ0) is 20.7. The van der Waals surface area contributed by atoms with Crippen molar-refractivity contribution in [3.8, 4) is 0 Å². The lowest BCUT2D eigenvalue weighted by atomic mass is 10.0. The fourth-order valence-electron chi connectivity index (χ4n) is 4.56. The summed E-state index contributed by atoms with van der Waals surface area (Å²) in [7, 11) is 0. The zero-order valence-electron chi connectivity index (χ0n) is 16.7. The van der Waals surface area contributed by atoms with Gasteiger partial charge >= 0.3 is 0 Å². The highest BCUT2D eigenvalue weighted by Gasteiger charge is 2.29. The Balaban J connectivity index is 1.84. The van der Waals surface area contributed by atoms with Crippen LogP contribution in [0.4, 0.5) is 5.82 Å². The maximum Gasteiger partial charge on any atom is 0.262 e. The third kappa shape index (κ3) is 3.68. The number of carbonyl (C=O) groups excluding carboxylic acids is 1. The molecular formula is C21H27N3O5. The Kier molecular flexibility index (Phi) is 5.42. The van der Waals surface area contributed by atoms with Gasteiger partial charge in [0.05, 0.1) is 35.9 Å². The summed E-state index contributed by atoms with van der Waals surface area (Å²) in [4.78, 5) is 29.9. The number of carbonyl (C=O) groups is 1. The van der Waals surface area contributed by atoms with Crippen LogP contribution in [-0.4, -0.2) is 57.0 Å². The number of ether oxygens (including phenoxy) is 1. The largest absolute Gasteiger partial charge is 0.393 e. The molecule has 29 heavy (non-hydrogen) atoms. The molecule has 2 aromatic rings. The maximum atomic E-state index is 13.3. The number of aliphatic hydroxyl groups is 2. The van der Waals surface area contributed by atoms with E-state index in [2.05, 4.69) is 10.3 Å². The van der Waals surface area contributed by atoms with E-state index >= 15 is 0 Å². The topological polar surface area (TPSA) is 114 Å². The van der Waals surface area contributed by atoms with Crippen LogP contribution in [-0.2, 0) is 4.74 Å². The van der Waals surface area contributed by atoms with E-state index in [0.717, 1.165) is 5.39 Å². The van der Waals surface area contributed by atoms with Crippen molar-refractivity contribution < 1.29 is 19.7 Å². The summed E-state index contributed by atoms with van der Waals surface area (Å²) in [5.74, 6) is 0.291. The molecule has 0 amide bonds. The molecule has 2 aliphatic rings. The number of aliphatic hydroxyl groups excluding tert-OH is 2. The molecule has 4 atom stereocenters. The monoisotopic (exact) mass is 401 g/mol. The minimum atomic E-state index is -0.629. The van der Waals surface area contributed by atoms with Crippen LogP contribution in [0.5, 0.6) is 0 Å². The summed E-state index contributed by atoms with van der Waals surface area (Å²) in [5, 5.41) is 24.2. The van der Waals surface area contributed by atoms with Gasteiger partial charge in [-0.3, -0.25) is 9.59 Å². The van der Waals surface area contributed by atoms with E-state index in [0.29, 0.717) is 49.2 Å². The molecule has 3 N–H and O–H groups in total. The molecule has 0 unspecified atom stereocenters. The third-order valence-corrected chi connectivity index (χ3v) is 6.11. The van der Waals surface area contributed by atoms with Gasteiger partial charge in [-0.1, -0.05) is 0 Å². The predicted molar refractivity (Wildman–Crippen MR) is 108 cm³/mol. The van der Waals surface area contributed by atoms with E-state index < -0.39 is 12.2 Å². The van der Waals surface area contributed by atoms with Crippen LogP contribution in [0.3, 0.4) is 0 Å². The molecule has 156 valence electrons. The van der Waals surface area contributed by atoms with Crippen LogP contribution < -0.4 is 10.9 Å². The van der Waals surface area contributed by atoms with Gasteiger partial charge in [-0.25, -0.2) is 4.98 Å². The van der Waals surface area contributed by atoms with E-state index in [1.54, 1.807) is 23.8 Å². The van der Waals surface area contributed by atoms with Gasteiger partial charge in [0.1, 0.15) is 5.82 Å². The highest BCUT2D eigenvalue weighted by atomic mass is 16.5. The molecule has 3 heterocycles. The fourth-order valence-corrected chi connectivity index (χ4v) is 4.56. The van der Waals surface area contributed by atoms with Gasteiger partial charge < -0.3 is 24.8 Å². The quantitative estimate of drug-likeness (QED) is 0.666. The first kappa shape index (κ1) is 20.0. The Hall–Kier alpha value is -2.29. The lowest BCUT2D eigenvalue weighted by molar-refractivity contribution is -0.0135. The molecule has 1 saturated heterocycles. The number of nitrogens with one attached hydrogen (secondary N) is 1. The number of rotatable bonds is 4. The normalized spacial score (nSPS) is 27.3. The number of aromatic nitrogens is 2. The van der Waals surface area contributed by atoms with E-state index in [1.807, 2.05) is 0 Å². The second-order valence-electron chi connectivity index (χ2n) is 8.12. The number of nitrogens with zero attached hydrogens (tertiary/aromatic N) is 2. The lowest BCUT2D eigenvalue weighted by Gasteiger charge is -2.29. The molecule has 4 rings (SSSR count). The van der Waals surface area contributed by atoms with Crippen molar-refractivity contribution in [2.45, 2.75) is 63.8 Å². The summed E-state index contributed by atoms with van der Waals surface area (Å²) < 4.78 is 6.93. The second-order valence-corrected chi connectivity index (χ2v) is 8.12. The van der Waals surface area contributed by atoms with Gasteiger partial charge in [-0.05, 0) is 45.1 Å². The van der Waals surface area contributed by atoms with Crippen molar-refractivity contribution in [1.29, 1.82) is 0 Å². The Bertz CT molecular complexity index is 1000. The van der Waals surface area contributed by atoms with Crippen molar-refractivity contribution in [1.82, 2.24) is 9.55 Å². The van der Waals surface area contributed by atoms with Gasteiger partial charge in [0.15, 0.2) is 5.78 Å². The Morgan fingerprint density at radius 2 is 2.10 bits per heavy atom. The van der Waals surface area contributed by atoms with Gasteiger partial charge in [-0.15, -0.1) is 0 Å². The molecule has 1 aliphatic carbocycles. The Labute approximate surface area is 168 Å². The van der Waals surface area contributed by atoms with Gasteiger partial charge in [0, 0.05) is 30.3 Å². The van der Waals surface area contributed by atoms with Crippen LogP contribution in [0.1, 0.15) is 54.6 Å². The molecule has 0 aromatic carbocycles. The zero-order valence-corrected chi connectivity index (χ0v) is 16.7. The van der Waals surface area contributed by atoms with E-state index in [9.17, 15) is 19.8 Å². The molecule has 2 fully saturated rings. The minimum Gasteiger partial charge on any atom is -0.393 e. The molecule has 8 nitrogen and oxygen atoms in total. The summed E-state index contributed by atoms with van der Waals surface area (Å²) in [6, 6.07) is 1.46. The molecule has 8 heteroatoms. The highest BCUT2D eigenvalue weighted by Crippen LogP contribution is 2.33. The molecular weight excluding hydrogens is 374 g/mol. The van der Waals surface area contributed by atoms with Crippen molar-refractivity contribution in [3.63, 3.8) is 0 Å². The van der Waals surface area contributed by atoms with Gasteiger partial charge in [-0.2, -0.15) is 0 Å². The summed E-state index contributed by atoms with van der Waals surface area (Å²) in [5.41, 5.74) is 1.18. The number of anilines is 1. The van der Waals surface area contributed by atoms with Crippen molar-refractivity contribution in [2.24, 2.45) is 0 Å². The van der Waals surface area contributed by atoms with Crippen LogP contribution >= 0.6 is 0 Å². The summed E-state index contributed by atoms with van der Waals surface area (Å²) in [6.45, 7) is 4.01. The molecule has 0 radical (unpaired) electrons. The number of fused-ring (bicyclic) bond motifs is 1. The van der Waals surface area contributed by atoms with Crippen molar-refractivity contribution >= 4 is 22.5 Å². The van der Waals surface area contributed by atoms with Crippen molar-refractivity contribution in [3.05, 3.63) is 33.7 Å². The van der Waals surface area contributed by atoms with Crippen LogP contribution in [0, 0.1) is 6.92 Å². The number of aryl methyl sites for hydroxylation is 1. The molecule has 1 aliphatic heterocycles. The van der Waals surface area contributed by atoms with Gasteiger partial charge in [0.2, 0.25) is 0 Å². The number of pyridine rings is 2. The van der Waals surface area contributed by atoms with Crippen LogP contribution in [0.25, 0.3) is 10.9 Å². The molecule has 2 aromatic heterocycles. The van der Waals surface area contributed by atoms with E-state index in [-0.39, 0.29) is 35.6 Å². The Morgan fingerprint density at radius 3 is 2.76 bits per heavy atom. The molecule has 1 saturated carbocycles. The number of ketones is 1. The maximum absolute atomic E-state index is 13.3. The standard InChI is InChI=1S/C21H27N3O5/c1-11-15-9-22-19(23-16-5-6-29-10-18(16)27)8-17(15)24(13-3-4-14(26)7-13)21(28)20(11)12(2)25/h8-9,13-14,16,18,26-27H,3-7,10H2,1-2H3,(H,22,23)/t13-,14+,16+,18+/m0/s1. The first-order chi connectivity index (χ1) is 13.9. The first-order valence-corrected chi connectivity index (χ1v) is 10.1. The predicted octanol–water partition coefficient (Wildman–Crippen LogP) is 1.56. The summed E-state index contributed by atoms with van der Waals surface area (Å²) in [6.07, 6.45) is 3.06. The number of hydrogen-bond acceptors (Lipinski definition) is 7. The summed E-state index contributed by atoms with van der Waals surface area (Å²) >= 11 is 0. The highest BCUT2D eigenvalue weighted by molar-refractivity contribution is 6.00. The SMILES string of the molecule is CC(=O)c1c(C)c2cnc(N[C@@H]3CCOC[C@H]3O)cc2n([C@H]2CC[C@@H](O)C2)c1=O. The van der Waals surface area contributed by atoms with Crippen molar-refractivity contribution in [2.75, 3.05) is 18.5 Å².